The molecule has 1 aromatic rings. The molecular formula is C23H28FNO2. The molecule has 0 aromatic heterocycles. The fourth-order valence-electron chi connectivity index (χ4n) is 4.19. The van der Waals surface area contributed by atoms with E-state index in [1.165, 1.54) is 37.8 Å². The molecule has 0 N–H and O–H groups in total. The highest BCUT2D eigenvalue weighted by Crippen LogP contribution is 2.33. The summed E-state index contributed by atoms with van der Waals surface area (Å²) in [6, 6.07) is 5.68. The summed E-state index contributed by atoms with van der Waals surface area (Å²) in [7, 11) is 0. The summed E-state index contributed by atoms with van der Waals surface area (Å²) in [4.78, 5) is 12.3. The number of carbonyl (C=O) groups is 1. The Balaban J connectivity index is 1.45. The van der Waals surface area contributed by atoms with Crippen LogP contribution in [0.4, 0.5) is 4.39 Å². The summed E-state index contributed by atoms with van der Waals surface area (Å²) in [5, 5.41) is 8.76. The lowest BCUT2D eigenvalue weighted by Gasteiger charge is -2.27. The van der Waals surface area contributed by atoms with E-state index >= 15 is 0 Å². The summed E-state index contributed by atoms with van der Waals surface area (Å²) < 4.78 is 19.0. The summed E-state index contributed by atoms with van der Waals surface area (Å²) in [6.07, 6.45) is 13.7. The van der Waals surface area contributed by atoms with Crippen molar-refractivity contribution in [2.75, 3.05) is 0 Å². The number of ether oxygens (including phenoxy) is 1. The van der Waals surface area contributed by atoms with Gasteiger partial charge in [0.25, 0.3) is 0 Å². The second-order valence-corrected chi connectivity index (χ2v) is 8.19. The molecule has 0 atom stereocenters. The third-order valence-electron chi connectivity index (χ3n) is 6.10. The fraction of sp³-hybridized carbons (Fsp3) is 0.565. The zero-order chi connectivity index (χ0) is 19.2. The minimum Gasteiger partial charge on any atom is -0.426 e. The maximum Gasteiger partial charge on any atom is 0.314 e. The van der Waals surface area contributed by atoms with Crippen molar-refractivity contribution in [1.82, 2.24) is 0 Å². The number of esters is 1. The van der Waals surface area contributed by atoms with Gasteiger partial charge in [-0.1, -0.05) is 31.9 Å². The first-order valence-corrected chi connectivity index (χ1v) is 10.1. The SMILES string of the molecule is CC1CCC(/C=C/C2CCC(C(=O)Oc3ccc(C#N)c(F)c3)CC2)CC1. The highest BCUT2D eigenvalue weighted by Gasteiger charge is 2.27. The number of allylic oxidation sites excluding steroid dienone is 2. The van der Waals surface area contributed by atoms with Crippen LogP contribution >= 0.6 is 0 Å². The molecule has 2 aliphatic carbocycles. The van der Waals surface area contributed by atoms with Crippen molar-refractivity contribution >= 4 is 5.97 Å². The molecule has 1 aromatic carbocycles. The van der Waals surface area contributed by atoms with Gasteiger partial charge in [0, 0.05) is 6.07 Å². The Hall–Kier alpha value is -2.15. The van der Waals surface area contributed by atoms with Crippen LogP contribution in [0.25, 0.3) is 0 Å². The lowest BCUT2D eigenvalue weighted by atomic mass is 9.79. The van der Waals surface area contributed by atoms with Crippen molar-refractivity contribution in [2.45, 2.75) is 58.3 Å². The number of nitrogens with zero attached hydrogens (tertiary/aromatic N) is 1. The molecular weight excluding hydrogens is 341 g/mol. The summed E-state index contributed by atoms with van der Waals surface area (Å²) in [5.74, 6) is 1.27. The largest absolute Gasteiger partial charge is 0.426 e. The van der Waals surface area contributed by atoms with Gasteiger partial charge in [0.2, 0.25) is 0 Å². The van der Waals surface area contributed by atoms with Crippen LogP contribution in [-0.4, -0.2) is 5.97 Å². The smallest absolute Gasteiger partial charge is 0.314 e. The predicted octanol–water partition coefficient (Wildman–Crippen LogP) is 5.79. The van der Waals surface area contributed by atoms with E-state index in [4.69, 9.17) is 10.00 Å². The zero-order valence-corrected chi connectivity index (χ0v) is 16.0. The second kappa shape index (κ2) is 9.17. The van der Waals surface area contributed by atoms with Crippen LogP contribution in [0.1, 0.15) is 63.9 Å². The molecule has 0 unspecified atom stereocenters. The normalized spacial score (nSPS) is 28.6. The monoisotopic (exact) mass is 369 g/mol. The molecule has 0 radical (unpaired) electrons. The van der Waals surface area contributed by atoms with Crippen molar-refractivity contribution in [2.24, 2.45) is 23.7 Å². The van der Waals surface area contributed by atoms with Crippen LogP contribution in [0, 0.1) is 40.8 Å². The maximum absolute atomic E-state index is 13.6. The molecule has 0 saturated heterocycles. The van der Waals surface area contributed by atoms with Crippen molar-refractivity contribution in [1.29, 1.82) is 5.26 Å². The zero-order valence-electron chi connectivity index (χ0n) is 16.0. The first-order chi connectivity index (χ1) is 13.0. The first kappa shape index (κ1) is 19.6. The molecule has 0 heterocycles. The van der Waals surface area contributed by atoms with E-state index in [0.29, 0.717) is 5.92 Å². The minimum atomic E-state index is -0.659. The van der Waals surface area contributed by atoms with Crippen molar-refractivity contribution < 1.29 is 13.9 Å². The number of nitriles is 1. The lowest BCUT2D eigenvalue weighted by molar-refractivity contribution is -0.140. The van der Waals surface area contributed by atoms with Gasteiger partial charge in [0.15, 0.2) is 0 Å². The van der Waals surface area contributed by atoms with Crippen molar-refractivity contribution in [3.63, 3.8) is 0 Å². The Morgan fingerprint density at radius 3 is 2.22 bits per heavy atom. The van der Waals surface area contributed by atoms with Gasteiger partial charge in [0.05, 0.1) is 11.5 Å². The highest BCUT2D eigenvalue weighted by molar-refractivity contribution is 5.75. The molecule has 0 amide bonds. The van der Waals surface area contributed by atoms with Crippen LogP contribution in [0.3, 0.4) is 0 Å². The van der Waals surface area contributed by atoms with Gasteiger partial charge in [-0.25, -0.2) is 4.39 Å². The molecule has 2 saturated carbocycles. The highest BCUT2D eigenvalue weighted by atomic mass is 19.1. The number of hydrogen-bond donors (Lipinski definition) is 0. The second-order valence-electron chi connectivity index (χ2n) is 8.19. The van der Waals surface area contributed by atoms with Crippen LogP contribution in [0.15, 0.2) is 30.4 Å². The van der Waals surface area contributed by atoms with Crippen LogP contribution in [0.5, 0.6) is 5.75 Å². The van der Waals surface area contributed by atoms with E-state index in [-0.39, 0.29) is 23.2 Å². The van der Waals surface area contributed by atoms with E-state index in [2.05, 4.69) is 19.1 Å². The molecule has 2 aliphatic rings. The average molecular weight is 369 g/mol. The third kappa shape index (κ3) is 5.42. The van der Waals surface area contributed by atoms with Crippen LogP contribution in [-0.2, 0) is 4.79 Å². The minimum absolute atomic E-state index is 0.0467. The Morgan fingerprint density at radius 1 is 1.07 bits per heavy atom. The van der Waals surface area contributed by atoms with Gasteiger partial charge < -0.3 is 4.74 Å². The Bertz CT molecular complexity index is 720. The number of halogens is 1. The van der Waals surface area contributed by atoms with E-state index in [1.54, 1.807) is 6.07 Å². The van der Waals surface area contributed by atoms with Crippen molar-refractivity contribution in [3.05, 3.63) is 41.7 Å². The Kier molecular flexibility index (Phi) is 6.66. The molecule has 3 rings (SSSR count). The van der Waals surface area contributed by atoms with E-state index in [1.807, 2.05) is 0 Å². The molecule has 3 nitrogen and oxygen atoms in total. The van der Waals surface area contributed by atoms with Gasteiger partial charge in [-0.3, -0.25) is 4.79 Å². The van der Waals surface area contributed by atoms with Crippen LogP contribution in [0.2, 0.25) is 0 Å². The molecule has 144 valence electrons. The topological polar surface area (TPSA) is 50.1 Å². The molecule has 2 fully saturated rings. The molecule has 4 heteroatoms. The van der Waals surface area contributed by atoms with E-state index in [9.17, 15) is 9.18 Å². The number of rotatable bonds is 4. The van der Waals surface area contributed by atoms with E-state index < -0.39 is 5.82 Å². The Labute approximate surface area is 161 Å². The maximum atomic E-state index is 13.6. The quantitative estimate of drug-likeness (QED) is 0.383. The summed E-state index contributed by atoms with van der Waals surface area (Å²) in [6.45, 7) is 2.34. The Morgan fingerprint density at radius 2 is 1.67 bits per heavy atom. The van der Waals surface area contributed by atoms with Gasteiger partial charge in [-0.05, 0) is 68.4 Å². The van der Waals surface area contributed by atoms with Gasteiger partial charge in [-0.15, -0.1) is 0 Å². The van der Waals surface area contributed by atoms with Crippen molar-refractivity contribution in [3.8, 4) is 11.8 Å². The number of hydrogen-bond acceptors (Lipinski definition) is 3. The first-order valence-electron chi connectivity index (χ1n) is 10.1. The van der Waals surface area contributed by atoms with Gasteiger partial charge in [0.1, 0.15) is 17.6 Å². The predicted molar refractivity (Wildman–Crippen MR) is 102 cm³/mol. The summed E-state index contributed by atoms with van der Waals surface area (Å²) >= 11 is 0. The average Bonchev–Trinajstić information content (AvgIpc) is 2.68. The lowest BCUT2D eigenvalue weighted by Crippen LogP contribution is -2.25. The van der Waals surface area contributed by atoms with Gasteiger partial charge >= 0.3 is 5.97 Å². The molecule has 0 bridgehead atoms. The molecule has 0 aliphatic heterocycles. The van der Waals surface area contributed by atoms with Gasteiger partial charge in [-0.2, -0.15) is 5.26 Å². The number of benzene rings is 1. The third-order valence-corrected chi connectivity index (χ3v) is 6.10. The van der Waals surface area contributed by atoms with Crippen LogP contribution < -0.4 is 4.74 Å². The summed E-state index contributed by atoms with van der Waals surface area (Å²) in [5.41, 5.74) is -0.0467. The number of carbonyl (C=O) groups excluding carboxylic acids is 1. The van der Waals surface area contributed by atoms with E-state index in [0.717, 1.165) is 43.6 Å². The fourth-order valence-corrected chi connectivity index (χ4v) is 4.19. The molecule has 0 spiro atoms. The standard InChI is InChI=1S/C23H28FNO2/c1-16-2-4-17(5-3-16)6-7-18-8-10-19(11-9-18)23(26)27-21-13-12-20(15-25)22(24)14-21/h6-7,12-14,16-19H,2-5,8-11H2,1H3/b7-6+. The molecule has 27 heavy (non-hydrogen) atoms.